The van der Waals surface area contributed by atoms with E-state index in [0.717, 1.165) is 0 Å². The van der Waals surface area contributed by atoms with E-state index in [1.54, 1.807) is 72.8 Å². The molecule has 0 radical (unpaired) electrons. The van der Waals surface area contributed by atoms with Gasteiger partial charge in [0.25, 0.3) is 0 Å². The van der Waals surface area contributed by atoms with Crippen molar-refractivity contribution in [3.63, 3.8) is 0 Å². The molecule has 2 unspecified atom stereocenters. The number of nitriles is 1. The average Bonchev–Trinajstić information content (AvgIpc) is 3.48. The van der Waals surface area contributed by atoms with Gasteiger partial charge in [-0.25, -0.2) is 0 Å². The van der Waals surface area contributed by atoms with Crippen LogP contribution in [-0.4, -0.2) is 23.3 Å². The van der Waals surface area contributed by atoms with E-state index < -0.39 is 21.8 Å². The predicted octanol–water partition coefficient (Wildman–Crippen LogP) is 6.66. The molecule has 9 heteroatoms. The minimum absolute atomic E-state index is 0.142. The molecule has 0 heterocycles. The Morgan fingerprint density at radius 1 is 1.11 bits per heavy atom. The molecule has 184 valence electrons. The normalized spacial score (nSPS) is 18.4. The van der Waals surface area contributed by atoms with Crippen LogP contribution in [0.25, 0.3) is 0 Å². The second kappa shape index (κ2) is 10.4. The molecule has 2 atom stereocenters. The zero-order valence-corrected chi connectivity index (χ0v) is 21.4. The first kappa shape index (κ1) is 25.8. The molecular weight excluding hydrogens is 523 g/mol. The minimum Gasteiger partial charge on any atom is -0.494 e. The molecule has 0 N–H and O–H groups in total. The Morgan fingerprint density at radius 2 is 1.78 bits per heavy atom. The van der Waals surface area contributed by atoms with Crippen LogP contribution >= 0.6 is 34.8 Å². The Labute approximate surface area is 223 Å². The van der Waals surface area contributed by atoms with Gasteiger partial charge in [-0.05, 0) is 61.0 Å². The number of hydrogen-bond donors (Lipinski definition) is 0. The third kappa shape index (κ3) is 4.87. The van der Waals surface area contributed by atoms with Crippen LogP contribution in [-0.2, 0) is 19.7 Å². The number of nitrogens with zero attached hydrogens (tertiary/aromatic N) is 2. The van der Waals surface area contributed by atoms with Crippen LogP contribution in [0.4, 0.5) is 11.4 Å². The summed E-state index contributed by atoms with van der Waals surface area (Å²) in [5.41, 5.74) is 0.713. The van der Waals surface area contributed by atoms with Gasteiger partial charge in [-0.2, -0.15) is 5.26 Å². The summed E-state index contributed by atoms with van der Waals surface area (Å²) in [6.45, 7) is 2.38. The fraction of sp³-hybridized carbons (Fsp3) is 0.222. The molecule has 1 amide bonds. The molecule has 6 nitrogen and oxygen atoms in total. The highest BCUT2D eigenvalue weighted by Gasteiger charge is 2.73. The van der Waals surface area contributed by atoms with Gasteiger partial charge in [-0.15, -0.1) is 0 Å². The lowest BCUT2D eigenvalue weighted by molar-refractivity contribution is -0.150. The summed E-state index contributed by atoms with van der Waals surface area (Å²) < 4.78 is 9.74. The number of ether oxygens (including phenoxy) is 2. The number of rotatable bonds is 9. The van der Waals surface area contributed by atoms with Gasteiger partial charge in [-0.3, -0.25) is 14.5 Å². The van der Waals surface area contributed by atoms with Crippen molar-refractivity contribution in [2.24, 2.45) is 0 Å². The van der Waals surface area contributed by atoms with Gasteiger partial charge in [-0.1, -0.05) is 59.1 Å². The van der Waals surface area contributed by atoms with Crippen molar-refractivity contribution < 1.29 is 19.1 Å². The number of benzene rings is 3. The number of hydrogen-bond acceptors (Lipinski definition) is 5. The molecule has 4 rings (SSSR count). The molecule has 1 fully saturated rings. The van der Waals surface area contributed by atoms with Gasteiger partial charge in [0.15, 0.2) is 0 Å². The fourth-order valence-electron chi connectivity index (χ4n) is 4.03. The molecule has 1 aliphatic rings. The number of carbonyl (C=O) groups is 2. The molecule has 3 aromatic rings. The number of anilines is 2. The minimum atomic E-state index is -1.37. The molecule has 36 heavy (non-hydrogen) atoms. The first-order chi connectivity index (χ1) is 17.3. The van der Waals surface area contributed by atoms with E-state index in [0.29, 0.717) is 46.3 Å². The van der Waals surface area contributed by atoms with Crippen molar-refractivity contribution in [3.8, 4) is 11.8 Å². The average molecular weight is 544 g/mol. The van der Waals surface area contributed by atoms with E-state index in [2.05, 4.69) is 0 Å². The maximum absolute atomic E-state index is 13.4. The summed E-state index contributed by atoms with van der Waals surface area (Å²) in [7, 11) is 0. The number of amides is 1. The number of carbonyl (C=O) groups excluding carboxylic acids is 2. The summed E-state index contributed by atoms with van der Waals surface area (Å²) in [5, 5.41) is 10.4. The van der Waals surface area contributed by atoms with Crippen molar-refractivity contribution in [1.29, 1.82) is 5.26 Å². The summed E-state index contributed by atoms with van der Waals surface area (Å²) >= 11 is 18.8. The Balaban J connectivity index is 1.59. The fourth-order valence-corrected chi connectivity index (χ4v) is 4.93. The summed E-state index contributed by atoms with van der Waals surface area (Å²) in [4.78, 5) is 26.6. The van der Waals surface area contributed by atoms with Crippen LogP contribution in [0.1, 0.15) is 30.6 Å². The van der Waals surface area contributed by atoms with Gasteiger partial charge in [0, 0.05) is 28.4 Å². The molecule has 1 saturated carbocycles. The van der Waals surface area contributed by atoms with Crippen LogP contribution in [0.15, 0.2) is 72.8 Å². The van der Waals surface area contributed by atoms with E-state index in [-0.39, 0.29) is 6.42 Å². The van der Waals surface area contributed by atoms with Crippen LogP contribution in [0, 0.1) is 11.3 Å². The molecule has 3 aromatic carbocycles. The smallest absolute Gasteiger partial charge is 0.321 e. The highest BCUT2D eigenvalue weighted by atomic mass is 35.5. The van der Waals surface area contributed by atoms with E-state index in [4.69, 9.17) is 44.3 Å². The molecule has 0 saturated heterocycles. The zero-order chi connectivity index (χ0) is 25.9. The van der Waals surface area contributed by atoms with Gasteiger partial charge >= 0.3 is 5.97 Å². The molecule has 0 aliphatic heterocycles. The van der Waals surface area contributed by atoms with Crippen LogP contribution < -0.4 is 9.64 Å². The largest absolute Gasteiger partial charge is 0.494 e. The van der Waals surface area contributed by atoms with Crippen LogP contribution in [0.3, 0.4) is 0 Å². The maximum Gasteiger partial charge on any atom is 0.321 e. The van der Waals surface area contributed by atoms with Crippen molar-refractivity contribution in [2.75, 3.05) is 11.5 Å². The molecule has 0 bridgehead atoms. The Kier molecular flexibility index (Phi) is 7.46. The van der Waals surface area contributed by atoms with E-state index in [1.807, 2.05) is 13.0 Å². The molecule has 1 aliphatic carbocycles. The highest BCUT2D eigenvalue weighted by Crippen LogP contribution is 2.65. The summed E-state index contributed by atoms with van der Waals surface area (Å²) in [6.07, 6.45) is -0.458. The first-order valence-corrected chi connectivity index (χ1v) is 12.2. The predicted molar refractivity (Wildman–Crippen MR) is 139 cm³/mol. The van der Waals surface area contributed by atoms with Gasteiger partial charge in [0.1, 0.15) is 21.6 Å². The lowest BCUT2D eigenvalue weighted by atomic mass is 9.95. The third-order valence-corrected chi connectivity index (χ3v) is 7.16. The quantitative estimate of drug-likeness (QED) is 0.171. The van der Waals surface area contributed by atoms with Crippen molar-refractivity contribution in [1.82, 2.24) is 0 Å². The SMILES string of the molecule is CCOc1ccc(C2(C(=O)OC(C#N)c3cccc(N(C=O)c4ccc(Cl)cc4)c3)CC2(Cl)Cl)cc1. The topological polar surface area (TPSA) is 79.6 Å². The van der Waals surface area contributed by atoms with Gasteiger partial charge in [0.2, 0.25) is 12.5 Å². The van der Waals surface area contributed by atoms with Crippen LogP contribution in [0.2, 0.25) is 5.02 Å². The lowest BCUT2D eigenvalue weighted by Gasteiger charge is -2.22. The third-order valence-electron chi connectivity index (χ3n) is 6.00. The molecule has 0 spiro atoms. The Bertz CT molecular complexity index is 1310. The van der Waals surface area contributed by atoms with E-state index in [1.165, 1.54) is 4.90 Å². The molecular formula is C27H21Cl3N2O4. The van der Waals surface area contributed by atoms with Gasteiger partial charge in [0.05, 0.1) is 6.61 Å². The summed E-state index contributed by atoms with van der Waals surface area (Å²) in [5.74, 6) is -0.0640. The van der Waals surface area contributed by atoms with Crippen LogP contribution in [0.5, 0.6) is 5.75 Å². The van der Waals surface area contributed by atoms with E-state index >= 15 is 0 Å². The molecule has 0 aromatic heterocycles. The number of esters is 1. The van der Waals surface area contributed by atoms with Crippen molar-refractivity contribution in [3.05, 3.63) is 88.9 Å². The number of alkyl halides is 2. The van der Waals surface area contributed by atoms with Crippen molar-refractivity contribution in [2.45, 2.75) is 29.2 Å². The van der Waals surface area contributed by atoms with Crippen molar-refractivity contribution >= 4 is 58.6 Å². The van der Waals surface area contributed by atoms with E-state index in [9.17, 15) is 14.9 Å². The van der Waals surface area contributed by atoms with Gasteiger partial charge < -0.3 is 9.47 Å². The summed E-state index contributed by atoms with van der Waals surface area (Å²) in [6, 6.07) is 22.2. The maximum atomic E-state index is 13.4. The Morgan fingerprint density at radius 3 is 2.33 bits per heavy atom. The first-order valence-electron chi connectivity index (χ1n) is 11.1. The zero-order valence-electron chi connectivity index (χ0n) is 19.2. The second-order valence-electron chi connectivity index (χ2n) is 8.21. The highest BCUT2D eigenvalue weighted by molar-refractivity contribution is 6.54. The monoisotopic (exact) mass is 542 g/mol. The Hall–Kier alpha value is -3.24. The lowest BCUT2D eigenvalue weighted by Crippen LogP contribution is -2.30. The standard InChI is InChI=1S/C27H21Cl3N2O4/c1-2-35-23-12-6-19(7-13-23)26(16-27(26,29)30)25(34)36-24(15-31)18-4-3-5-22(14-18)32(17-33)21-10-8-20(28)9-11-21/h3-14,17,24H,2,16H2,1H3. The second-order valence-corrected chi connectivity index (χ2v) is 10.1. The number of halogens is 3.